The van der Waals surface area contributed by atoms with E-state index in [1.165, 1.54) is 18.2 Å². The average Bonchev–Trinajstić information content (AvgIpc) is 2.70. The van der Waals surface area contributed by atoms with E-state index in [2.05, 4.69) is 0 Å². The first kappa shape index (κ1) is 21.0. The molecule has 7 heteroatoms. The Labute approximate surface area is 163 Å². The van der Waals surface area contributed by atoms with E-state index in [4.69, 9.17) is 14.2 Å². The van der Waals surface area contributed by atoms with Crippen LogP contribution in [0.15, 0.2) is 48.5 Å². The summed E-state index contributed by atoms with van der Waals surface area (Å²) in [6.45, 7) is 5.06. The average molecular weight is 385 g/mol. The predicted molar refractivity (Wildman–Crippen MR) is 105 cm³/mol. The van der Waals surface area contributed by atoms with Gasteiger partial charge in [0.2, 0.25) is 0 Å². The minimum atomic E-state index is -0.511. The van der Waals surface area contributed by atoms with Gasteiger partial charge in [0, 0.05) is 18.2 Å². The minimum Gasteiger partial charge on any atom is -0.490 e. The Hall–Kier alpha value is -3.35. The molecule has 0 aliphatic carbocycles. The normalized spacial score (nSPS) is 10.6. The number of ether oxygens (including phenoxy) is 3. The van der Waals surface area contributed by atoms with Crippen LogP contribution in [0.1, 0.15) is 31.4 Å². The van der Waals surface area contributed by atoms with Crippen LogP contribution >= 0.6 is 0 Å². The van der Waals surface area contributed by atoms with Gasteiger partial charge in [-0.1, -0.05) is 13.0 Å². The first-order valence-electron chi connectivity index (χ1n) is 9.01. The van der Waals surface area contributed by atoms with Crippen molar-refractivity contribution in [3.63, 3.8) is 0 Å². The highest BCUT2D eigenvalue weighted by Crippen LogP contribution is 2.29. The van der Waals surface area contributed by atoms with Gasteiger partial charge in [0.1, 0.15) is 6.61 Å². The molecular weight excluding hydrogens is 362 g/mol. The number of hydrogen-bond acceptors (Lipinski definition) is 6. The molecule has 2 aromatic carbocycles. The molecule has 0 N–H and O–H groups in total. The third-order valence-electron chi connectivity index (χ3n) is 3.67. The van der Waals surface area contributed by atoms with Crippen LogP contribution in [0.5, 0.6) is 11.5 Å². The lowest BCUT2D eigenvalue weighted by molar-refractivity contribution is -0.384. The van der Waals surface area contributed by atoms with Crippen LogP contribution in [-0.2, 0) is 16.1 Å². The Morgan fingerprint density at radius 3 is 2.46 bits per heavy atom. The van der Waals surface area contributed by atoms with Crippen LogP contribution in [0, 0.1) is 10.1 Å². The second-order valence-electron chi connectivity index (χ2n) is 5.85. The van der Waals surface area contributed by atoms with Gasteiger partial charge in [0.15, 0.2) is 11.5 Å². The number of carbonyl (C=O) groups is 1. The smallest absolute Gasteiger partial charge is 0.331 e. The fourth-order valence-electron chi connectivity index (χ4n) is 2.31. The van der Waals surface area contributed by atoms with E-state index in [0.29, 0.717) is 30.3 Å². The molecule has 0 atom stereocenters. The van der Waals surface area contributed by atoms with Gasteiger partial charge < -0.3 is 14.2 Å². The summed E-state index contributed by atoms with van der Waals surface area (Å²) in [5.41, 5.74) is 1.44. The number of non-ortho nitro benzene ring substituents is 1. The van der Waals surface area contributed by atoms with Crippen molar-refractivity contribution in [1.82, 2.24) is 0 Å². The van der Waals surface area contributed by atoms with Crippen molar-refractivity contribution in [2.75, 3.05) is 13.2 Å². The fourth-order valence-corrected chi connectivity index (χ4v) is 2.31. The van der Waals surface area contributed by atoms with Gasteiger partial charge in [0.05, 0.1) is 18.1 Å². The highest BCUT2D eigenvalue weighted by molar-refractivity contribution is 5.87. The zero-order chi connectivity index (χ0) is 20.4. The maximum absolute atomic E-state index is 11.9. The Bertz CT molecular complexity index is 829. The Balaban J connectivity index is 1.95. The molecule has 0 fully saturated rings. The van der Waals surface area contributed by atoms with Crippen LogP contribution < -0.4 is 9.47 Å². The molecule has 28 heavy (non-hydrogen) atoms. The van der Waals surface area contributed by atoms with Gasteiger partial charge in [-0.2, -0.15) is 0 Å². The number of nitro benzene ring substituents is 1. The molecular formula is C21H23NO6. The first-order valence-corrected chi connectivity index (χ1v) is 9.01. The van der Waals surface area contributed by atoms with Crippen molar-refractivity contribution < 1.29 is 23.9 Å². The molecule has 0 aromatic heterocycles. The highest BCUT2D eigenvalue weighted by atomic mass is 16.6. The molecule has 148 valence electrons. The molecule has 0 aliphatic rings. The lowest BCUT2D eigenvalue weighted by Gasteiger charge is -2.12. The summed E-state index contributed by atoms with van der Waals surface area (Å²) >= 11 is 0. The molecule has 0 saturated carbocycles. The Kier molecular flexibility index (Phi) is 8.02. The van der Waals surface area contributed by atoms with Crippen LogP contribution in [0.4, 0.5) is 5.69 Å². The summed E-state index contributed by atoms with van der Waals surface area (Å²) < 4.78 is 16.4. The number of hydrogen-bond donors (Lipinski definition) is 0. The Morgan fingerprint density at radius 1 is 1.07 bits per heavy atom. The van der Waals surface area contributed by atoms with E-state index in [-0.39, 0.29) is 12.3 Å². The van der Waals surface area contributed by atoms with Crippen molar-refractivity contribution in [3.05, 3.63) is 69.8 Å². The van der Waals surface area contributed by atoms with Gasteiger partial charge in [-0.15, -0.1) is 0 Å². The number of nitrogens with zero attached hydrogens (tertiary/aromatic N) is 1. The van der Waals surface area contributed by atoms with Crippen molar-refractivity contribution in [3.8, 4) is 11.5 Å². The molecule has 0 spiro atoms. The molecule has 0 aliphatic heterocycles. The topological polar surface area (TPSA) is 87.9 Å². The molecule has 2 aromatic rings. The van der Waals surface area contributed by atoms with Crippen LogP contribution in [0.3, 0.4) is 0 Å². The zero-order valence-corrected chi connectivity index (χ0v) is 15.9. The highest BCUT2D eigenvalue weighted by Gasteiger charge is 2.07. The van der Waals surface area contributed by atoms with E-state index in [1.54, 1.807) is 24.3 Å². The quantitative estimate of drug-likeness (QED) is 0.258. The van der Waals surface area contributed by atoms with Gasteiger partial charge in [0.25, 0.3) is 5.69 Å². The number of benzene rings is 2. The summed E-state index contributed by atoms with van der Waals surface area (Å²) in [5.74, 6) is 0.779. The van der Waals surface area contributed by atoms with Gasteiger partial charge in [-0.3, -0.25) is 10.1 Å². The SMILES string of the molecule is CCCOc1ccc(/C=C/C(=O)OCc2ccc([N+](=O)[O-])cc2)cc1OCC. The monoisotopic (exact) mass is 385 g/mol. The number of esters is 1. The lowest BCUT2D eigenvalue weighted by Crippen LogP contribution is -2.01. The van der Waals surface area contributed by atoms with Crippen LogP contribution in [0.25, 0.3) is 6.08 Å². The maximum Gasteiger partial charge on any atom is 0.331 e. The fraction of sp³-hybridized carbons (Fsp3) is 0.286. The Morgan fingerprint density at radius 2 is 1.82 bits per heavy atom. The number of nitro groups is 1. The molecule has 0 radical (unpaired) electrons. The number of carbonyl (C=O) groups excluding carboxylic acids is 1. The molecule has 0 unspecified atom stereocenters. The standard InChI is InChI=1S/C21H23NO6/c1-3-13-27-19-11-7-16(14-20(19)26-4-2)8-12-21(23)28-15-17-5-9-18(10-6-17)22(24)25/h5-12,14H,3-4,13,15H2,1-2H3/b12-8+. The first-order chi connectivity index (χ1) is 13.5. The third kappa shape index (κ3) is 6.42. The van der Waals surface area contributed by atoms with Crippen LogP contribution in [-0.4, -0.2) is 24.1 Å². The summed E-state index contributed by atoms with van der Waals surface area (Å²) in [6, 6.07) is 11.3. The minimum absolute atomic E-state index is 0.00793. The molecule has 0 amide bonds. The van der Waals surface area contributed by atoms with Crippen molar-refractivity contribution in [1.29, 1.82) is 0 Å². The number of rotatable bonds is 10. The van der Waals surface area contributed by atoms with E-state index in [0.717, 1.165) is 12.0 Å². The molecule has 7 nitrogen and oxygen atoms in total. The van der Waals surface area contributed by atoms with Gasteiger partial charge >= 0.3 is 5.97 Å². The maximum atomic E-state index is 11.9. The second-order valence-corrected chi connectivity index (χ2v) is 5.85. The van der Waals surface area contributed by atoms with Gasteiger partial charge in [-0.05, 0) is 54.8 Å². The van der Waals surface area contributed by atoms with Crippen LogP contribution in [0.2, 0.25) is 0 Å². The predicted octanol–water partition coefficient (Wildman–Crippen LogP) is 4.54. The largest absolute Gasteiger partial charge is 0.490 e. The van der Waals surface area contributed by atoms with E-state index >= 15 is 0 Å². The summed E-state index contributed by atoms with van der Waals surface area (Å²) in [6.07, 6.45) is 3.85. The van der Waals surface area contributed by atoms with Crippen molar-refractivity contribution >= 4 is 17.7 Å². The van der Waals surface area contributed by atoms with Gasteiger partial charge in [-0.25, -0.2) is 4.79 Å². The van der Waals surface area contributed by atoms with E-state index < -0.39 is 10.9 Å². The van der Waals surface area contributed by atoms with E-state index in [9.17, 15) is 14.9 Å². The molecule has 0 bridgehead atoms. The van der Waals surface area contributed by atoms with Crippen molar-refractivity contribution in [2.24, 2.45) is 0 Å². The van der Waals surface area contributed by atoms with Crippen molar-refractivity contribution in [2.45, 2.75) is 26.9 Å². The molecule has 0 heterocycles. The third-order valence-corrected chi connectivity index (χ3v) is 3.67. The summed E-state index contributed by atoms with van der Waals surface area (Å²) in [5, 5.41) is 10.6. The second kappa shape index (κ2) is 10.7. The zero-order valence-electron chi connectivity index (χ0n) is 15.9. The molecule has 0 saturated heterocycles. The summed E-state index contributed by atoms with van der Waals surface area (Å²) in [4.78, 5) is 22.1. The lowest BCUT2D eigenvalue weighted by atomic mass is 10.2. The van der Waals surface area contributed by atoms with E-state index in [1.807, 2.05) is 26.0 Å². The molecule has 2 rings (SSSR count). The summed E-state index contributed by atoms with van der Waals surface area (Å²) in [7, 11) is 0.